The number of fused-ring (bicyclic) bond motifs is 1. The first-order valence-electron chi connectivity index (χ1n) is 8.17. The van der Waals surface area contributed by atoms with E-state index in [1.165, 1.54) is 37.5 Å². The average molecular weight is 389 g/mol. The number of non-ortho nitro benzene ring substituents is 1. The zero-order valence-electron chi connectivity index (χ0n) is 14.8. The number of esters is 1. The van der Waals surface area contributed by atoms with Crippen LogP contribution in [0.25, 0.3) is 6.08 Å². The number of hydrogen-bond donors (Lipinski definition) is 0. The first kappa shape index (κ1) is 19.3. The van der Waals surface area contributed by atoms with Crippen molar-refractivity contribution in [2.45, 2.75) is 13.2 Å². The van der Waals surface area contributed by atoms with E-state index in [9.17, 15) is 19.3 Å². The zero-order chi connectivity index (χ0) is 20.1. The molecule has 0 aromatic heterocycles. The average Bonchev–Trinajstić information content (AvgIpc) is 2.70. The number of nitro benzene ring substituents is 1. The number of methoxy groups -OCH3 is 1. The van der Waals surface area contributed by atoms with Gasteiger partial charge in [-0.25, -0.2) is 9.18 Å². The summed E-state index contributed by atoms with van der Waals surface area (Å²) in [6.45, 7) is -0.0419. The quantitative estimate of drug-likeness (QED) is 0.323. The van der Waals surface area contributed by atoms with Crippen LogP contribution in [0, 0.1) is 15.9 Å². The maximum Gasteiger partial charge on any atom is 0.331 e. The zero-order valence-corrected chi connectivity index (χ0v) is 14.8. The Morgan fingerprint density at radius 1 is 1.36 bits per heavy atom. The number of carbonyl (C=O) groups is 1. The van der Waals surface area contributed by atoms with Gasteiger partial charge in [0.1, 0.15) is 12.4 Å². The molecule has 146 valence electrons. The van der Waals surface area contributed by atoms with Crippen molar-refractivity contribution in [2.24, 2.45) is 0 Å². The number of rotatable bonds is 6. The Balaban J connectivity index is 1.69. The number of ether oxygens (including phenoxy) is 4. The minimum atomic E-state index is -0.691. The molecule has 0 saturated carbocycles. The Bertz CT molecular complexity index is 942. The number of carbonyl (C=O) groups excluding carboxylic acids is 1. The van der Waals surface area contributed by atoms with E-state index in [0.717, 1.165) is 6.08 Å². The molecule has 0 radical (unpaired) electrons. The molecule has 0 saturated heterocycles. The van der Waals surface area contributed by atoms with E-state index in [1.54, 1.807) is 6.07 Å². The number of halogens is 1. The third-order valence-electron chi connectivity index (χ3n) is 3.94. The van der Waals surface area contributed by atoms with Gasteiger partial charge in [-0.3, -0.25) is 10.1 Å². The van der Waals surface area contributed by atoms with Crippen LogP contribution in [-0.4, -0.2) is 24.8 Å². The Morgan fingerprint density at radius 3 is 2.89 bits per heavy atom. The Kier molecular flexibility index (Phi) is 5.85. The lowest BCUT2D eigenvalue weighted by atomic mass is 10.1. The van der Waals surface area contributed by atoms with E-state index in [0.29, 0.717) is 22.4 Å². The lowest BCUT2D eigenvalue weighted by Crippen LogP contribution is -2.14. The van der Waals surface area contributed by atoms with Crippen LogP contribution in [0.5, 0.6) is 11.5 Å². The van der Waals surface area contributed by atoms with Gasteiger partial charge in [-0.15, -0.1) is 0 Å². The topological polar surface area (TPSA) is 97.1 Å². The molecule has 8 nitrogen and oxygen atoms in total. The molecule has 0 fully saturated rings. The summed E-state index contributed by atoms with van der Waals surface area (Å²) in [6, 6.07) is 6.89. The van der Waals surface area contributed by atoms with Crippen molar-refractivity contribution in [1.29, 1.82) is 0 Å². The van der Waals surface area contributed by atoms with Crippen molar-refractivity contribution in [3.63, 3.8) is 0 Å². The summed E-state index contributed by atoms with van der Waals surface area (Å²) >= 11 is 0. The molecular formula is C19H16FNO7. The van der Waals surface area contributed by atoms with Gasteiger partial charge in [0.15, 0.2) is 18.4 Å². The number of benzene rings is 2. The van der Waals surface area contributed by atoms with E-state index in [4.69, 9.17) is 18.9 Å². The van der Waals surface area contributed by atoms with Crippen molar-refractivity contribution in [3.05, 3.63) is 69.0 Å². The first-order valence-corrected chi connectivity index (χ1v) is 8.17. The summed E-state index contributed by atoms with van der Waals surface area (Å²) in [4.78, 5) is 22.5. The second-order valence-electron chi connectivity index (χ2n) is 5.80. The largest absolute Gasteiger partial charge is 0.494 e. The molecule has 2 aromatic carbocycles. The highest BCUT2D eigenvalue weighted by atomic mass is 19.1. The minimum Gasteiger partial charge on any atom is -0.494 e. The molecule has 0 aliphatic carbocycles. The predicted molar refractivity (Wildman–Crippen MR) is 95.2 cm³/mol. The molecule has 0 bridgehead atoms. The molecule has 0 amide bonds. The maximum absolute atomic E-state index is 13.7. The highest BCUT2D eigenvalue weighted by Gasteiger charge is 2.21. The number of hydrogen-bond acceptors (Lipinski definition) is 7. The normalized spacial score (nSPS) is 12.9. The van der Waals surface area contributed by atoms with E-state index in [1.807, 2.05) is 0 Å². The molecule has 1 heterocycles. The minimum absolute atomic E-state index is 0.00862. The standard InChI is InChI=1S/C19H16FNO7/c1-25-17-4-2-12(6-16(17)20)3-5-18(22)27-10-14-8-15(21(23)24)7-13-9-26-11-28-19(13)14/h2-8H,9-11H2,1H3/b5-3+. The van der Waals surface area contributed by atoms with Crippen molar-refractivity contribution in [2.75, 3.05) is 13.9 Å². The predicted octanol–water partition coefficient (Wildman–Crippen LogP) is 3.37. The van der Waals surface area contributed by atoms with Crippen molar-refractivity contribution in [1.82, 2.24) is 0 Å². The van der Waals surface area contributed by atoms with Gasteiger partial charge < -0.3 is 18.9 Å². The maximum atomic E-state index is 13.7. The van der Waals surface area contributed by atoms with Gasteiger partial charge in [-0.1, -0.05) is 6.07 Å². The molecule has 0 atom stereocenters. The smallest absolute Gasteiger partial charge is 0.331 e. The van der Waals surface area contributed by atoms with Gasteiger partial charge in [0.2, 0.25) is 0 Å². The molecular weight excluding hydrogens is 373 g/mol. The van der Waals surface area contributed by atoms with Crippen LogP contribution in [0.15, 0.2) is 36.4 Å². The van der Waals surface area contributed by atoms with Gasteiger partial charge >= 0.3 is 5.97 Å². The summed E-state index contributed by atoms with van der Waals surface area (Å²) in [5.41, 5.74) is 1.17. The molecule has 28 heavy (non-hydrogen) atoms. The first-order chi connectivity index (χ1) is 13.5. The molecule has 9 heteroatoms. The third kappa shape index (κ3) is 4.44. The van der Waals surface area contributed by atoms with Gasteiger partial charge in [-0.2, -0.15) is 0 Å². The summed E-state index contributed by atoms with van der Waals surface area (Å²) in [5, 5.41) is 11.1. The lowest BCUT2D eigenvalue weighted by Gasteiger charge is -2.20. The highest BCUT2D eigenvalue weighted by Crippen LogP contribution is 2.33. The lowest BCUT2D eigenvalue weighted by molar-refractivity contribution is -0.385. The molecule has 0 spiro atoms. The summed E-state index contributed by atoms with van der Waals surface area (Å²) in [5.74, 6) is -0.742. The number of nitro groups is 1. The van der Waals surface area contributed by atoms with Crippen LogP contribution in [0.4, 0.5) is 10.1 Å². The second kappa shape index (κ2) is 8.49. The highest BCUT2D eigenvalue weighted by molar-refractivity contribution is 5.87. The SMILES string of the molecule is COc1ccc(/C=C/C(=O)OCc2cc([N+](=O)[O-])cc3c2OCOC3)cc1F. The van der Waals surface area contributed by atoms with Crippen LogP contribution in [-0.2, 0) is 27.5 Å². The van der Waals surface area contributed by atoms with E-state index < -0.39 is 16.7 Å². The molecule has 0 N–H and O–H groups in total. The molecule has 3 rings (SSSR count). The van der Waals surface area contributed by atoms with Gasteiger partial charge in [0.05, 0.1) is 18.6 Å². The van der Waals surface area contributed by atoms with Crippen LogP contribution >= 0.6 is 0 Å². The van der Waals surface area contributed by atoms with E-state index >= 15 is 0 Å². The van der Waals surface area contributed by atoms with Crippen LogP contribution < -0.4 is 9.47 Å². The van der Waals surface area contributed by atoms with E-state index in [-0.39, 0.29) is 31.4 Å². The summed E-state index contributed by atoms with van der Waals surface area (Å²) in [7, 11) is 1.35. The monoisotopic (exact) mass is 389 g/mol. The van der Waals surface area contributed by atoms with Gasteiger partial charge in [0, 0.05) is 29.3 Å². The van der Waals surface area contributed by atoms with Gasteiger partial charge in [-0.05, 0) is 23.8 Å². The fourth-order valence-corrected chi connectivity index (χ4v) is 2.64. The Hall–Kier alpha value is -3.46. The molecule has 0 unspecified atom stereocenters. The second-order valence-corrected chi connectivity index (χ2v) is 5.80. The van der Waals surface area contributed by atoms with Crippen molar-refractivity contribution in [3.8, 4) is 11.5 Å². The summed E-state index contributed by atoms with van der Waals surface area (Å²) in [6.07, 6.45) is 2.52. The number of nitrogens with zero attached hydrogens (tertiary/aromatic N) is 1. The Labute approximate surface area is 159 Å². The van der Waals surface area contributed by atoms with Crippen LogP contribution in [0.2, 0.25) is 0 Å². The molecule has 1 aliphatic rings. The Morgan fingerprint density at radius 2 is 2.18 bits per heavy atom. The van der Waals surface area contributed by atoms with Crippen LogP contribution in [0.1, 0.15) is 16.7 Å². The van der Waals surface area contributed by atoms with E-state index in [2.05, 4.69) is 0 Å². The molecule has 2 aromatic rings. The fraction of sp³-hybridized carbons (Fsp3) is 0.211. The fourth-order valence-electron chi connectivity index (χ4n) is 2.64. The third-order valence-corrected chi connectivity index (χ3v) is 3.94. The van der Waals surface area contributed by atoms with Crippen LogP contribution in [0.3, 0.4) is 0 Å². The van der Waals surface area contributed by atoms with Crippen molar-refractivity contribution < 1.29 is 33.1 Å². The van der Waals surface area contributed by atoms with Crippen molar-refractivity contribution >= 4 is 17.7 Å². The molecule has 1 aliphatic heterocycles. The summed E-state index contributed by atoms with van der Waals surface area (Å²) < 4.78 is 34.1. The van der Waals surface area contributed by atoms with Gasteiger partial charge in [0.25, 0.3) is 5.69 Å².